The van der Waals surface area contributed by atoms with Crippen LogP contribution >= 0.6 is 11.8 Å². The zero-order valence-corrected chi connectivity index (χ0v) is 11.8. The van der Waals surface area contributed by atoms with E-state index in [0.717, 1.165) is 5.56 Å². The van der Waals surface area contributed by atoms with Crippen molar-refractivity contribution in [2.24, 2.45) is 0 Å². The Morgan fingerprint density at radius 1 is 1.42 bits per heavy atom. The fourth-order valence-electron chi connectivity index (χ4n) is 1.51. The molecule has 0 aromatic heterocycles. The van der Waals surface area contributed by atoms with Gasteiger partial charge in [-0.05, 0) is 30.7 Å². The highest BCUT2D eigenvalue weighted by atomic mass is 32.2. The number of carboxylic acids is 1. The van der Waals surface area contributed by atoms with E-state index in [9.17, 15) is 9.59 Å². The number of hydrogen-bond acceptors (Lipinski definition) is 4. The number of ether oxygens (including phenoxy) is 1. The van der Waals surface area contributed by atoms with Gasteiger partial charge < -0.3 is 15.2 Å². The van der Waals surface area contributed by atoms with E-state index in [0.29, 0.717) is 23.6 Å². The average Bonchev–Trinajstić information content (AvgIpc) is 2.37. The molecule has 1 amide bonds. The van der Waals surface area contributed by atoms with Crippen molar-refractivity contribution in [3.8, 4) is 5.75 Å². The number of aliphatic carboxylic acids is 1. The molecule has 0 atom stereocenters. The van der Waals surface area contributed by atoms with Crippen LogP contribution in [0.3, 0.4) is 0 Å². The maximum atomic E-state index is 11.9. The quantitative estimate of drug-likeness (QED) is 0.743. The summed E-state index contributed by atoms with van der Waals surface area (Å²) in [5.41, 5.74) is 1.44. The van der Waals surface area contributed by atoms with E-state index in [2.05, 4.69) is 5.32 Å². The molecule has 0 spiro atoms. The van der Waals surface area contributed by atoms with Gasteiger partial charge in [0, 0.05) is 17.9 Å². The summed E-state index contributed by atoms with van der Waals surface area (Å²) in [6.07, 6.45) is 0. The third kappa shape index (κ3) is 5.21. The van der Waals surface area contributed by atoms with E-state index < -0.39 is 5.97 Å². The molecule has 0 bridgehead atoms. The number of carbonyl (C=O) groups excluding carboxylic acids is 1. The Bertz CT molecular complexity index is 462. The van der Waals surface area contributed by atoms with Gasteiger partial charge in [-0.15, -0.1) is 11.8 Å². The van der Waals surface area contributed by atoms with Gasteiger partial charge in [-0.1, -0.05) is 0 Å². The van der Waals surface area contributed by atoms with Gasteiger partial charge in [-0.2, -0.15) is 0 Å². The van der Waals surface area contributed by atoms with E-state index in [1.165, 1.54) is 11.8 Å². The minimum absolute atomic E-state index is 0.0530. The predicted octanol–water partition coefficient (Wildman–Crippen LogP) is 1.55. The fraction of sp³-hybridized carbons (Fsp3) is 0.385. The summed E-state index contributed by atoms with van der Waals surface area (Å²) in [5.74, 6) is 0.342. The molecule has 1 rings (SSSR count). The van der Waals surface area contributed by atoms with Crippen LogP contribution in [0.2, 0.25) is 0 Å². The first-order chi connectivity index (χ1) is 9.04. The Labute approximate surface area is 116 Å². The molecule has 1 aromatic rings. The smallest absolute Gasteiger partial charge is 0.313 e. The van der Waals surface area contributed by atoms with Gasteiger partial charge in [0.2, 0.25) is 0 Å². The summed E-state index contributed by atoms with van der Waals surface area (Å²) >= 11 is 1.27. The van der Waals surface area contributed by atoms with Crippen LogP contribution in [0.5, 0.6) is 5.75 Å². The minimum atomic E-state index is -0.845. The lowest BCUT2D eigenvalue weighted by Crippen LogP contribution is -2.26. The van der Waals surface area contributed by atoms with Crippen molar-refractivity contribution in [1.82, 2.24) is 5.32 Å². The molecule has 104 valence electrons. The molecule has 2 N–H and O–H groups in total. The largest absolute Gasteiger partial charge is 0.497 e. The van der Waals surface area contributed by atoms with E-state index >= 15 is 0 Å². The first-order valence-corrected chi connectivity index (χ1v) is 6.92. The minimum Gasteiger partial charge on any atom is -0.497 e. The molecule has 0 aliphatic rings. The second kappa shape index (κ2) is 7.68. The molecule has 0 aliphatic carbocycles. The second-order valence-electron chi connectivity index (χ2n) is 3.88. The number of hydrogen-bond donors (Lipinski definition) is 2. The van der Waals surface area contributed by atoms with Gasteiger partial charge in [0.25, 0.3) is 5.91 Å². The van der Waals surface area contributed by atoms with Gasteiger partial charge in [0.15, 0.2) is 0 Å². The van der Waals surface area contributed by atoms with E-state index in [4.69, 9.17) is 9.84 Å². The van der Waals surface area contributed by atoms with Crippen molar-refractivity contribution < 1.29 is 19.4 Å². The Balaban J connectivity index is 2.43. The number of aryl methyl sites for hydroxylation is 1. The monoisotopic (exact) mass is 283 g/mol. The van der Waals surface area contributed by atoms with Gasteiger partial charge in [0.05, 0.1) is 12.9 Å². The number of carbonyl (C=O) groups is 2. The summed E-state index contributed by atoms with van der Waals surface area (Å²) in [4.78, 5) is 22.2. The van der Waals surface area contributed by atoms with Crippen molar-refractivity contribution in [2.75, 3.05) is 25.2 Å². The van der Waals surface area contributed by atoms with Crippen LogP contribution in [0.1, 0.15) is 15.9 Å². The van der Waals surface area contributed by atoms with Crippen LogP contribution in [0.4, 0.5) is 0 Å². The summed E-state index contributed by atoms with van der Waals surface area (Å²) in [6.45, 7) is 2.29. The Kier molecular flexibility index (Phi) is 6.21. The standard InChI is InChI=1S/C13H17NO4S/c1-9-7-10(18-2)3-4-11(9)13(17)14-5-6-19-8-12(15)16/h3-4,7H,5-6,8H2,1-2H3,(H,14,17)(H,15,16). The van der Waals surface area contributed by atoms with Gasteiger partial charge in [-0.25, -0.2) is 0 Å². The molecule has 0 aliphatic heterocycles. The molecule has 6 heteroatoms. The van der Waals surface area contributed by atoms with Crippen molar-refractivity contribution >= 4 is 23.6 Å². The van der Waals surface area contributed by atoms with Crippen molar-refractivity contribution in [2.45, 2.75) is 6.92 Å². The average molecular weight is 283 g/mol. The maximum absolute atomic E-state index is 11.9. The van der Waals surface area contributed by atoms with E-state index in [1.54, 1.807) is 25.3 Å². The first-order valence-electron chi connectivity index (χ1n) is 5.77. The lowest BCUT2D eigenvalue weighted by molar-refractivity contribution is -0.133. The van der Waals surface area contributed by atoms with E-state index in [1.807, 2.05) is 6.92 Å². The lowest BCUT2D eigenvalue weighted by Gasteiger charge is -2.08. The lowest BCUT2D eigenvalue weighted by atomic mass is 10.1. The fourth-order valence-corrected chi connectivity index (χ4v) is 2.07. The number of rotatable bonds is 7. The third-order valence-corrected chi connectivity index (χ3v) is 3.38. The zero-order chi connectivity index (χ0) is 14.3. The molecule has 0 fully saturated rings. The summed E-state index contributed by atoms with van der Waals surface area (Å²) < 4.78 is 5.07. The number of carboxylic acid groups (broad SMARTS) is 1. The van der Waals surface area contributed by atoms with E-state index in [-0.39, 0.29) is 11.7 Å². The normalized spacial score (nSPS) is 10.0. The molecule has 0 radical (unpaired) electrons. The molecule has 19 heavy (non-hydrogen) atoms. The third-order valence-electron chi connectivity index (χ3n) is 2.44. The number of thioether (sulfide) groups is 1. The van der Waals surface area contributed by atoms with Crippen LogP contribution in [0.25, 0.3) is 0 Å². The Morgan fingerprint density at radius 2 is 2.16 bits per heavy atom. The zero-order valence-electron chi connectivity index (χ0n) is 10.9. The van der Waals surface area contributed by atoms with Gasteiger partial charge in [-0.3, -0.25) is 9.59 Å². The number of nitrogens with one attached hydrogen (secondary N) is 1. The van der Waals surface area contributed by atoms with Crippen LogP contribution in [0.15, 0.2) is 18.2 Å². The van der Waals surface area contributed by atoms with Crippen molar-refractivity contribution in [1.29, 1.82) is 0 Å². The summed E-state index contributed by atoms with van der Waals surface area (Å²) in [5, 5.41) is 11.2. The van der Waals surface area contributed by atoms with Crippen LogP contribution in [0, 0.1) is 6.92 Å². The molecule has 0 saturated carbocycles. The second-order valence-corrected chi connectivity index (χ2v) is 4.99. The van der Waals surface area contributed by atoms with Gasteiger partial charge in [0.1, 0.15) is 5.75 Å². The Hall–Kier alpha value is -1.69. The van der Waals surface area contributed by atoms with Crippen molar-refractivity contribution in [3.63, 3.8) is 0 Å². The van der Waals surface area contributed by atoms with Gasteiger partial charge >= 0.3 is 5.97 Å². The molecule has 5 nitrogen and oxygen atoms in total. The van der Waals surface area contributed by atoms with Crippen LogP contribution in [-0.4, -0.2) is 42.1 Å². The maximum Gasteiger partial charge on any atom is 0.313 e. The predicted molar refractivity (Wildman–Crippen MR) is 75.0 cm³/mol. The molecular formula is C13H17NO4S. The number of benzene rings is 1. The molecule has 1 aromatic carbocycles. The SMILES string of the molecule is COc1ccc(C(=O)NCCSCC(=O)O)c(C)c1. The molecular weight excluding hydrogens is 266 g/mol. The highest BCUT2D eigenvalue weighted by Gasteiger charge is 2.09. The topological polar surface area (TPSA) is 75.6 Å². The van der Waals surface area contributed by atoms with Crippen LogP contribution in [-0.2, 0) is 4.79 Å². The first kappa shape index (κ1) is 15.4. The molecule has 0 heterocycles. The molecule has 0 saturated heterocycles. The Morgan fingerprint density at radius 3 is 2.74 bits per heavy atom. The molecule has 0 unspecified atom stereocenters. The number of methoxy groups -OCH3 is 1. The highest BCUT2D eigenvalue weighted by molar-refractivity contribution is 7.99. The highest BCUT2D eigenvalue weighted by Crippen LogP contribution is 2.16. The van der Waals surface area contributed by atoms with Crippen LogP contribution < -0.4 is 10.1 Å². The number of amides is 1. The summed E-state index contributed by atoms with van der Waals surface area (Å²) in [6, 6.07) is 5.25. The summed E-state index contributed by atoms with van der Waals surface area (Å²) in [7, 11) is 1.58. The van der Waals surface area contributed by atoms with Crippen molar-refractivity contribution in [3.05, 3.63) is 29.3 Å².